The van der Waals surface area contributed by atoms with Gasteiger partial charge in [0.15, 0.2) is 5.17 Å². The Balaban J connectivity index is 1.88. The highest BCUT2D eigenvalue weighted by molar-refractivity contribution is 8.14. The average Bonchev–Trinajstić information content (AvgIpc) is 3.17. The van der Waals surface area contributed by atoms with E-state index in [1.807, 2.05) is 30.3 Å². The molecule has 3 rings (SSSR count). The Morgan fingerprint density at radius 3 is 2.85 bits per heavy atom. The lowest BCUT2D eigenvalue weighted by Gasteiger charge is -2.22. The van der Waals surface area contributed by atoms with Crippen molar-refractivity contribution in [2.75, 3.05) is 19.4 Å². The van der Waals surface area contributed by atoms with Crippen LogP contribution in [0.15, 0.2) is 47.5 Å². The number of aliphatic imine (C=N–C) groups is 1. The van der Waals surface area contributed by atoms with E-state index in [1.165, 1.54) is 7.11 Å². The second-order valence-corrected chi connectivity index (χ2v) is 7.78. The first kappa shape index (κ1) is 20.0. The number of halogens is 2. The van der Waals surface area contributed by atoms with Gasteiger partial charge in [-0.3, -0.25) is 14.6 Å². The smallest absolute Gasteiger partial charge is 0.274 e. The Morgan fingerprint density at radius 2 is 2.11 bits per heavy atom. The lowest BCUT2D eigenvalue weighted by atomic mass is 9.97. The monoisotopic (exact) mass is 423 g/mol. The van der Waals surface area contributed by atoms with Gasteiger partial charge in [-0.15, -0.1) is 0 Å². The van der Waals surface area contributed by atoms with Crippen molar-refractivity contribution in [3.63, 3.8) is 0 Å². The summed E-state index contributed by atoms with van der Waals surface area (Å²) in [7, 11) is 1.41. The molecule has 0 saturated carbocycles. The Morgan fingerprint density at radius 1 is 1.30 bits per heavy atom. The summed E-state index contributed by atoms with van der Waals surface area (Å²) in [5, 5.41) is 5.39. The number of carbonyl (C=O) groups is 1. The van der Waals surface area contributed by atoms with Gasteiger partial charge in [-0.2, -0.15) is 0 Å². The van der Waals surface area contributed by atoms with E-state index in [9.17, 15) is 4.79 Å². The third-order valence-electron chi connectivity index (χ3n) is 4.06. The number of amides is 1. The highest BCUT2D eigenvalue weighted by Crippen LogP contribution is 2.32. The molecule has 0 spiro atoms. The van der Waals surface area contributed by atoms with E-state index in [2.05, 4.69) is 15.8 Å². The van der Waals surface area contributed by atoms with E-state index in [0.717, 1.165) is 28.6 Å². The molecule has 2 N–H and O–H groups in total. The second kappa shape index (κ2) is 9.46. The van der Waals surface area contributed by atoms with Crippen molar-refractivity contribution in [2.45, 2.75) is 12.5 Å². The summed E-state index contributed by atoms with van der Waals surface area (Å²) in [5.41, 5.74) is 4.74. The molecule has 5 nitrogen and oxygen atoms in total. The van der Waals surface area contributed by atoms with Gasteiger partial charge in [0.2, 0.25) is 0 Å². The molecule has 0 bridgehead atoms. The van der Waals surface area contributed by atoms with Crippen molar-refractivity contribution >= 4 is 46.0 Å². The molecular formula is C19H19Cl2N3O2S. The van der Waals surface area contributed by atoms with Crippen LogP contribution in [0.1, 0.15) is 27.5 Å². The lowest BCUT2D eigenvalue weighted by Crippen LogP contribution is -2.27. The summed E-state index contributed by atoms with van der Waals surface area (Å²) in [6.07, 6.45) is 0.619. The fourth-order valence-electron chi connectivity index (χ4n) is 2.83. The molecule has 0 fully saturated rings. The molecule has 1 amide bonds. The van der Waals surface area contributed by atoms with Crippen LogP contribution in [0.4, 0.5) is 0 Å². The molecule has 2 aromatic carbocycles. The Hall–Kier alpha value is -1.73. The summed E-state index contributed by atoms with van der Waals surface area (Å²) in [5.74, 6) is 0.672. The van der Waals surface area contributed by atoms with Crippen molar-refractivity contribution in [3.05, 3.63) is 69.2 Å². The quantitative estimate of drug-likeness (QED) is 0.681. The second-order valence-electron chi connectivity index (χ2n) is 5.92. The molecule has 1 unspecified atom stereocenters. The zero-order chi connectivity index (χ0) is 19.2. The number of nitrogens with one attached hydrogen (secondary N) is 2. The number of hydrogen-bond donors (Lipinski definition) is 2. The van der Waals surface area contributed by atoms with Crippen molar-refractivity contribution in [1.82, 2.24) is 10.8 Å². The van der Waals surface area contributed by atoms with E-state index >= 15 is 0 Å². The van der Waals surface area contributed by atoms with E-state index in [0.29, 0.717) is 22.0 Å². The van der Waals surface area contributed by atoms with Crippen molar-refractivity contribution in [3.8, 4) is 0 Å². The van der Waals surface area contributed by atoms with Gasteiger partial charge in [0.1, 0.15) is 0 Å². The summed E-state index contributed by atoms with van der Waals surface area (Å²) < 4.78 is 0. The van der Waals surface area contributed by atoms with Gasteiger partial charge in [0, 0.05) is 11.3 Å². The van der Waals surface area contributed by atoms with Gasteiger partial charge in [-0.1, -0.05) is 59.2 Å². The predicted octanol–water partition coefficient (Wildman–Crippen LogP) is 4.26. The van der Waals surface area contributed by atoms with Crippen LogP contribution in [-0.2, 0) is 11.3 Å². The van der Waals surface area contributed by atoms with Crippen molar-refractivity contribution in [1.29, 1.82) is 0 Å². The number of hydrogen-bond acceptors (Lipinski definition) is 5. The molecule has 1 heterocycles. The molecular weight excluding hydrogens is 405 g/mol. The minimum atomic E-state index is -0.291. The number of rotatable bonds is 6. The molecule has 0 aromatic heterocycles. The Labute approximate surface area is 172 Å². The molecule has 0 saturated heterocycles. The normalized spacial score (nSPS) is 14.6. The highest BCUT2D eigenvalue weighted by Gasteiger charge is 2.20. The van der Waals surface area contributed by atoms with Gasteiger partial charge >= 0.3 is 0 Å². The summed E-state index contributed by atoms with van der Waals surface area (Å²) >= 11 is 14.4. The summed E-state index contributed by atoms with van der Waals surface area (Å²) in [6.45, 7) is 0.801. The molecule has 1 aliphatic rings. The number of nitrogens with zero attached hydrogens (tertiary/aromatic N) is 1. The number of hydroxylamine groups is 1. The Kier molecular flexibility index (Phi) is 7.01. The number of amidine groups is 1. The predicted molar refractivity (Wildman–Crippen MR) is 112 cm³/mol. The third kappa shape index (κ3) is 5.17. The molecule has 0 aliphatic carbocycles. The maximum absolute atomic E-state index is 12.0. The van der Waals surface area contributed by atoms with Crippen LogP contribution in [0.25, 0.3) is 0 Å². The number of thioether (sulfide) groups is 1. The van der Waals surface area contributed by atoms with Gasteiger partial charge < -0.3 is 5.32 Å². The summed E-state index contributed by atoms with van der Waals surface area (Å²) in [4.78, 5) is 21.2. The zero-order valence-electron chi connectivity index (χ0n) is 14.7. The molecule has 142 valence electrons. The van der Waals surface area contributed by atoms with Gasteiger partial charge in [-0.25, -0.2) is 5.48 Å². The Bertz CT molecular complexity index is 861. The largest absolute Gasteiger partial charge is 0.358 e. The molecule has 0 radical (unpaired) electrons. The van der Waals surface area contributed by atoms with Crippen LogP contribution < -0.4 is 10.8 Å². The zero-order valence-corrected chi connectivity index (χ0v) is 17.0. The van der Waals surface area contributed by atoms with Crippen molar-refractivity contribution in [2.24, 2.45) is 4.99 Å². The van der Waals surface area contributed by atoms with Crippen LogP contribution >= 0.6 is 35.0 Å². The number of carbonyl (C=O) groups excluding carboxylic acids is 1. The first-order valence-electron chi connectivity index (χ1n) is 8.38. The van der Waals surface area contributed by atoms with E-state index in [-0.39, 0.29) is 11.9 Å². The fraction of sp³-hybridized carbons (Fsp3) is 0.263. The molecule has 2 aromatic rings. The first-order valence-corrected chi connectivity index (χ1v) is 10.1. The van der Waals surface area contributed by atoms with E-state index < -0.39 is 0 Å². The summed E-state index contributed by atoms with van der Waals surface area (Å²) in [6, 6.07) is 12.9. The van der Waals surface area contributed by atoms with Crippen LogP contribution in [0.2, 0.25) is 10.0 Å². The third-order valence-corrected chi connectivity index (χ3v) is 5.80. The maximum Gasteiger partial charge on any atom is 0.274 e. The van der Waals surface area contributed by atoms with E-state index in [1.54, 1.807) is 23.9 Å². The van der Waals surface area contributed by atoms with E-state index in [4.69, 9.17) is 28.0 Å². The van der Waals surface area contributed by atoms with Crippen LogP contribution in [-0.4, -0.2) is 30.5 Å². The minimum Gasteiger partial charge on any atom is -0.358 e. The van der Waals surface area contributed by atoms with Crippen LogP contribution in [0.5, 0.6) is 0 Å². The van der Waals surface area contributed by atoms with Gasteiger partial charge in [-0.05, 0) is 35.7 Å². The van der Waals surface area contributed by atoms with Crippen LogP contribution in [0, 0.1) is 0 Å². The van der Waals surface area contributed by atoms with Crippen molar-refractivity contribution < 1.29 is 9.63 Å². The number of benzene rings is 2. The highest BCUT2D eigenvalue weighted by atomic mass is 35.5. The van der Waals surface area contributed by atoms with Gasteiger partial charge in [0.05, 0.1) is 29.7 Å². The lowest BCUT2D eigenvalue weighted by molar-refractivity contribution is 0.0537. The average molecular weight is 424 g/mol. The van der Waals surface area contributed by atoms with Gasteiger partial charge in [0.25, 0.3) is 5.91 Å². The molecule has 27 heavy (non-hydrogen) atoms. The molecule has 1 atom stereocenters. The maximum atomic E-state index is 12.0. The SMILES string of the molecule is CONC(=O)c1cccc(CC(NC2=NCCS2)c2cccc(Cl)c2Cl)c1. The van der Waals surface area contributed by atoms with Crippen LogP contribution in [0.3, 0.4) is 0 Å². The first-order chi connectivity index (χ1) is 13.1. The molecule has 8 heteroatoms. The minimum absolute atomic E-state index is 0.124. The fourth-order valence-corrected chi connectivity index (χ4v) is 4.05. The standard InChI is InChI=1S/C19H19Cl2N3O2S/c1-26-24-18(25)13-5-2-4-12(10-13)11-16(23-19-22-8-9-27-19)14-6-3-7-15(20)17(14)21/h2-7,10,16H,8-9,11H2,1H3,(H,22,23)(H,24,25). The molecule has 1 aliphatic heterocycles. The topological polar surface area (TPSA) is 62.7 Å².